The maximum Gasteiger partial charge on any atom is 0.430 e. The van der Waals surface area contributed by atoms with Gasteiger partial charge in [-0.05, 0) is 74.3 Å². The number of nitrogens with one attached hydrogen (secondary N) is 1. The predicted octanol–water partition coefficient (Wildman–Crippen LogP) is 5.66. The topological polar surface area (TPSA) is 95.9 Å². The quantitative estimate of drug-likeness (QED) is 0.230. The van der Waals surface area contributed by atoms with E-state index in [1.807, 2.05) is 0 Å². The molecule has 2 aliphatic heterocycles. The van der Waals surface area contributed by atoms with Gasteiger partial charge in [0.05, 0.1) is 11.5 Å². The molecule has 1 amide bonds. The van der Waals surface area contributed by atoms with Crippen molar-refractivity contribution in [2.45, 2.75) is 59.1 Å². The summed E-state index contributed by atoms with van der Waals surface area (Å²) in [6.07, 6.45) is -12.9. The monoisotopic (exact) mass is 724 g/mol. The third-order valence-corrected chi connectivity index (χ3v) is 11.6. The summed E-state index contributed by atoms with van der Waals surface area (Å²) in [6, 6.07) is 7.77. The van der Waals surface area contributed by atoms with Gasteiger partial charge in [0.15, 0.2) is 9.84 Å². The Morgan fingerprint density at radius 1 is 0.837 bits per heavy atom. The van der Waals surface area contributed by atoms with Crippen molar-refractivity contribution in [2.75, 3.05) is 26.2 Å². The Morgan fingerprint density at radius 2 is 1.39 bits per heavy atom. The number of hydrogen-bond acceptors (Lipinski definition) is 6. The maximum atomic E-state index is 14.5. The molecule has 0 aliphatic carbocycles. The Bertz CT molecular complexity index is 1760. The fraction of sp³-hybridized carbons (Fsp3) is 0.406. The molecule has 2 aliphatic rings. The van der Waals surface area contributed by atoms with Crippen LogP contribution >= 0.6 is 0 Å². The standard InChI is InChI=1S/C32H29F9N2O5S/c33-22-8-10-23(11-9-22)49(46,47)29(14-17-43(19-29)27(44)28(45)12-15-42-16-13-28)20-4-6-21(7-5-20)30(31(36,37)38,32(39,40)41)48-18-24-25(34)2-1-3-26(24)35/h1-11,42,45H,12-19H2/t29-/m0/s1. The van der Waals surface area contributed by atoms with Gasteiger partial charge in [-0.15, -0.1) is 0 Å². The average Bonchev–Trinajstić information content (AvgIpc) is 3.49. The van der Waals surface area contributed by atoms with Gasteiger partial charge in [-0.25, -0.2) is 21.6 Å². The van der Waals surface area contributed by atoms with E-state index in [1.165, 1.54) is 0 Å². The molecule has 5 rings (SSSR count). The van der Waals surface area contributed by atoms with Crippen LogP contribution in [-0.2, 0) is 36.3 Å². The highest BCUT2D eigenvalue weighted by Gasteiger charge is 2.73. The van der Waals surface area contributed by atoms with Crippen molar-refractivity contribution < 1.29 is 62.6 Å². The minimum Gasteiger partial charge on any atom is -0.380 e. The number of likely N-dealkylation sites (tertiary alicyclic amines) is 1. The van der Waals surface area contributed by atoms with E-state index >= 15 is 0 Å². The molecule has 1 atom stereocenters. The Hall–Kier alpha value is -3.67. The molecule has 2 N–H and O–H groups in total. The highest BCUT2D eigenvalue weighted by molar-refractivity contribution is 7.92. The third kappa shape index (κ3) is 6.30. The van der Waals surface area contributed by atoms with Gasteiger partial charge >= 0.3 is 12.4 Å². The molecule has 0 bridgehead atoms. The lowest BCUT2D eigenvalue weighted by atomic mass is 9.88. The molecule has 0 radical (unpaired) electrons. The second-order valence-corrected chi connectivity index (χ2v) is 14.2. The lowest BCUT2D eigenvalue weighted by Gasteiger charge is -2.38. The molecule has 7 nitrogen and oxygen atoms in total. The van der Waals surface area contributed by atoms with E-state index in [-0.39, 0.29) is 38.0 Å². The number of sulfone groups is 1. The number of aliphatic hydroxyl groups is 1. The number of nitrogens with zero attached hydrogens (tertiary/aromatic N) is 1. The first kappa shape index (κ1) is 36.6. The van der Waals surface area contributed by atoms with Crippen molar-refractivity contribution in [3.8, 4) is 0 Å². The van der Waals surface area contributed by atoms with Crippen molar-refractivity contribution in [2.24, 2.45) is 0 Å². The molecule has 2 heterocycles. The Labute approximate surface area is 274 Å². The van der Waals surface area contributed by atoms with E-state index in [0.717, 1.165) is 35.2 Å². The zero-order valence-corrected chi connectivity index (χ0v) is 26.2. The molecule has 266 valence electrons. The van der Waals surface area contributed by atoms with Crippen LogP contribution in [0.5, 0.6) is 0 Å². The van der Waals surface area contributed by atoms with Gasteiger partial charge in [-0.3, -0.25) is 4.79 Å². The number of carbonyl (C=O) groups is 1. The second kappa shape index (κ2) is 12.9. The molecule has 0 unspecified atom stereocenters. The van der Waals surface area contributed by atoms with E-state index < -0.39 is 97.1 Å². The number of rotatable bonds is 8. The number of amides is 1. The summed E-state index contributed by atoms with van der Waals surface area (Å²) in [5, 5.41) is 14.0. The van der Waals surface area contributed by atoms with Gasteiger partial charge in [0.25, 0.3) is 11.5 Å². The fourth-order valence-electron chi connectivity index (χ4n) is 6.35. The summed E-state index contributed by atoms with van der Waals surface area (Å²) < 4.78 is 160. The zero-order valence-electron chi connectivity index (χ0n) is 25.3. The average molecular weight is 725 g/mol. The predicted molar refractivity (Wildman–Crippen MR) is 155 cm³/mol. The Morgan fingerprint density at radius 3 is 1.92 bits per heavy atom. The van der Waals surface area contributed by atoms with Gasteiger partial charge in [-0.2, -0.15) is 26.3 Å². The van der Waals surface area contributed by atoms with E-state index in [4.69, 9.17) is 0 Å². The lowest BCUT2D eigenvalue weighted by Crippen LogP contribution is -2.56. The van der Waals surface area contributed by atoms with Crippen LogP contribution in [-0.4, -0.2) is 68.5 Å². The zero-order chi connectivity index (χ0) is 36.0. The SMILES string of the molecule is O=C(N1CC[C@](c2ccc(C(OCc3c(F)cccc3F)(C(F)(F)F)C(F)(F)F)cc2)(S(=O)(=O)c2ccc(F)cc2)C1)C1(O)CCNCC1. The van der Waals surface area contributed by atoms with E-state index in [1.54, 1.807) is 0 Å². The van der Waals surface area contributed by atoms with Crippen molar-refractivity contribution >= 4 is 15.7 Å². The van der Waals surface area contributed by atoms with Gasteiger partial charge in [-0.1, -0.05) is 30.3 Å². The minimum atomic E-state index is -6.24. The molecule has 0 saturated carbocycles. The summed E-state index contributed by atoms with van der Waals surface area (Å²) in [5.74, 6) is -4.49. The number of halogens is 9. The van der Waals surface area contributed by atoms with Crippen molar-refractivity contribution in [3.05, 3.63) is 101 Å². The number of benzene rings is 3. The van der Waals surface area contributed by atoms with E-state index in [9.17, 15) is 57.8 Å². The van der Waals surface area contributed by atoms with Crippen molar-refractivity contribution in [3.63, 3.8) is 0 Å². The Balaban J connectivity index is 1.61. The van der Waals surface area contributed by atoms with Crippen LogP contribution < -0.4 is 5.32 Å². The summed E-state index contributed by atoms with van der Waals surface area (Å²) in [6.45, 7) is -2.13. The first-order valence-corrected chi connectivity index (χ1v) is 16.3. The first-order valence-electron chi connectivity index (χ1n) is 14.8. The third-order valence-electron chi connectivity index (χ3n) is 9.10. The minimum absolute atomic E-state index is 0.00247. The molecular formula is C32H29F9N2O5S. The molecule has 0 aromatic heterocycles. The second-order valence-electron chi connectivity index (χ2n) is 12.0. The summed E-state index contributed by atoms with van der Waals surface area (Å²) in [4.78, 5) is 14.1. The molecular weight excluding hydrogens is 695 g/mol. The van der Waals surface area contributed by atoms with E-state index in [0.29, 0.717) is 36.4 Å². The summed E-state index contributed by atoms with van der Waals surface area (Å²) in [7, 11) is -4.66. The largest absolute Gasteiger partial charge is 0.430 e. The van der Waals surface area contributed by atoms with Crippen LogP contribution in [0.1, 0.15) is 36.0 Å². The fourth-order valence-corrected chi connectivity index (χ4v) is 8.43. The molecule has 17 heteroatoms. The highest BCUT2D eigenvalue weighted by Crippen LogP contribution is 2.54. The number of carbonyl (C=O) groups excluding carboxylic acids is 1. The van der Waals surface area contributed by atoms with Crippen molar-refractivity contribution in [1.82, 2.24) is 10.2 Å². The van der Waals surface area contributed by atoms with Crippen LogP contribution in [0.25, 0.3) is 0 Å². The van der Waals surface area contributed by atoms with Gasteiger partial charge < -0.3 is 20.1 Å². The number of hydrogen-bond donors (Lipinski definition) is 2. The Kier molecular flexibility index (Phi) is 9.64. The summed E-state index contributed by atoms with van der Waals surface area (Å²) in [5.41, 5.74) is -10.0. The number of piperidine rings is 1. The van der Waals surface area contributed by atoms with Crippen LogP contribution in [0.15, 0.2) is 71.6 Å². The first-order chi connectivity index (χ1) is 22.8. The van der Waals surface area contributed by atoms with Crippen LogP contribution in [0, 0.1) is 17.5 Å². The molecule has 3 aromatic rings. The molecule has 2 saturated heterocycles. The van der Waals surface area contributed by atoms with Gasteiger partial charge in [0.2, 0.25) is 0 Å². The molecule has 49 heavy (non-hydrogen) atoms. The molecule has 0 spiro atoms. The van der Waals surface area contributed by atoms with E-state index in [2.05, 4.69) is 10.1 Å². The van der Waals surface area contributed by atoms with Gasteiger partial charge in [0, 0.05) is 24.2 Å². The highest BCUT2D eigenvalue weighted by atomic mass is 32.2. The number of alkyl halides is 6. The van der Waals surface area contributed by atoms with Crippen LogP contribution in [0.3, 0.4) is 0 Å². The summed E-state index contributed by atoms with van der Waals surface area (Å²) >= 11 is 0. The molecule has 3 aromatic carbocycles. The molecule has 2 fully saturated rings. The lowest BCUT2D eigenvalue weighted by molar-refractivity contribution is -0.392. The van der Waals surface area contributed by atoms with Crippen molar-refractivity contribution in [1.29, 1.82) is 0 Å². The van der Waals surface area contributed by atoms with Gasteiger partial charge in [0.1, 0.15) is 27.8 Å². The smallest absolute Gasteiger partial charge is 0.380 e. The van der Waals surface area contributed by atoms with Crippen LogP contribution in [0.4, 0.5) is 39.5 Å². The normalized spacial score (nSPS) is 20.4. The van der Waals surface area contributed by atoms with Crippen LogP contribution in [0.2, 0.25) is 0 Å². The maximum absolute atomic E-state index is 14.5. The number of ether oxygens (including phenoxy) is 1.